The summed E-state index contributed by atoms with van der Waals surface area (Å²) in [7, 11) is -1.97. The van der Waals surface area contributed by atoms with Crippen LogP contribution in [0, 0.1) is 5.92 Å². The Morgan fingerprint density at radius 2 is 1.86 bits per heavy atom. The fourth-order valence-electron chi connectivity index (χ4n) is 6.25. The first kappa shape index (κ1) is 32.2. The van der Waals surface area contributed by atoms with Crippen LogP contribution in [0.25, 0.3) is 0 Å². The summed E-state index contributed by atoms with van der Waals surface area (Å²) in [6.07, 6.45) is 15.7. The number of rotatable bonds is 16. The number of aromatic nitrogens is 1. The summed E-state index contributed by atoms with van der Waals surface area (Å²) >= 11 is 0. The lowest BCUT2D eigenvalue weighted by molar-refractivity contribution is -0.119. The average Bonchev–Trinajstić information content (AvgIpc) is 3.66. The summed E-state index contributed by atoms with van der Waals surface area (Å²) in [6, 6.07) is 5.70. The fraction of sp³-hybridized carbons (Fsp3) is 0.656. The number of Topliss-reactive ketones (excluding diaryl/α,β-unsaturated/α-hetero) is 1. The first-order valence-electron chi connectivity index (χ1n) is 15.7. The highest BCUT2D eigenvalue weighted by Gasteiger charge is 2.31. The molecular formula is C32H47N3O6S. The van der Waals surface area contributed by atoms with Gasteiger partial charge in [0, 0.05) is 19.4 Å². The smallest absolute Gasteiger partial charge is 0.234 e. The molecule has 42 heavy (non-hydrogen) atoms. The molecule has 0 spiro atoms. The summed E-state index contributed by atoms with van der Waals surface area (Å²) in [5.74, 6) is 1.56. The average molecular weight is 602 g/mol. The molecule has 2 aromatic rings. The second kappa shape index (κ2) is 15.7. The number of benzene rings is 1. The monoisotopic (exact) mass is 601 g/mol. The van der Waals surface area contributed by atoms with Crippen LogP contribution in [0.1, 0.15) is 124 Å². The molecule has 0 unspecified atom stereocenters. The Kier molecular flexibility index (Phi) is 12.0. The maximum atomic E-state index is 12.8. The highest BCUT2D eigenvalue weighted by molar-refractivity contribution is 7.90. The van der Waals surface area contributed by atoms with Crippen LogP contribution in [0.2, 0.25) is 0 Å². The number of nitrogens with zero attached hydrogens (tertiary/aromatic N) is 2. The van der Waals surface area contributed by atoms with E-state index in [2.05, 4.69) is 14.6 Å². The van der Waals surface area contributed by atoms with Gasteiger partial charge in [-0.3, -0.25) is 19.2 Å². The Labute approximate surface area is 250 Å². The molecule has 10 heteroatoms. The minimum atomic E-state index is -3.59. The van der Waals surface area contributed by atoms with Crippen molar-refractivity contribution in [3.05, 3.63) is 47.2 Å². The molecule has 1 amide bonds. The van der Waals surface area contributed by atoms with E-state index < -0.39 is 15.9 Å². The second-order valence-electron chi connectivity index (χ2n) is 11.8. The van der Waals surface area contributed by atoms with Crippen molar-refractivity contribution in [3.8, 4) is 5.75 Å². The topological polar surface area (TPSA) is 119 Å². The van der Waals surface area contributed by atoms with E-state index in [1.165, 1.54) is 58.1 Å². The number of nitrogens with one attached hydrogen (secondary N) is 1. The summed E-state index contributed by atoms with van der Waals surface area (Å²) in [5.41, 5.74) is 2.37. The van der Waals surface area contributed by atoms with Gasteiger partial charge in [0.15, 0.2) is 5.78 Å². The van der Waals surface area contributed by atoms with Gasteiger partial charge in [0.2, 0.25) is 21.8 Å². The summed E-state index contributed by atoms with van der Waals surface area (Å²) in [5, 5.41) is 0. The number of hydrogen-bond donors (Lipinski definition) is 1. The third-order valence-electron chi connectivity index (χ3n) is 8.75. The van der Waals surface area contributed by atoms with E-state index in [0.29, 0.717) is 36.7 Å². The van der Waals surface area contributed by atoms with Crippen LogP contribution >= 0.6 is 0 Å². The van der Waals surface area contributed by atoms with Gasteiger partial charge in [0.1, 0.15) is 17.7 Å². The molecule has 232 valence electrons. The van der Waals surface area contributed by atoms with Crippen molar-refractivity contribution in [1.82, 2.24) is 14.6 Å². The molecule has 1 saturated heterocycles. The number of carbonyl (C=O) groups is 2. The number of amides is 1. The number of unbranched alkanes of at least 4 members (excludes halogenated alkanes) is 2. The van der Waals surface area contributed by atoms with E-state index in [9.17, 15) is 18.0 Å². The van der Waals surface area contributed by atoms with Crippen LogP contribution in [0.4, 0.5) is 0 Å². The van der Waals surface area contributed by atoms with Gasteiger partial charge in [0.05, 0.1) is 18.9 Å². The third kappa shape index (κ3) is 9.39. The van der Waals surface area contributed by atoms with Gasteiger partial charge >= 0.3 is 0 Å². The van der Waals surface area contributed by atoms with Crippen molar-refractivity contribution >= 4 is 21.7 Å². The molecular weight excluding hydrogens is 554 g/mol. The van der Waals surface area contributed by atoms with Crippen LogP contribution in [-0.2, 0) is 27.8 Å². The lowest BCUT2D eigenvalue weighted by atomic mass is 9.85. The molecule has 1 aromatic heterocycles. The maximum Gasteiger partial charge on any atom is 0.234 e. The molecule has 1 N–H and O–H groups in total. The van der Waals surface area contributed by atoms with E-state index in [-0.39, 0.29) is 24.0 Å². The third-order valence-corrected chi connectivity index (χ3v) is 10.1. The minimum absolute atomic E-state index is 0.0425. The van der Waals surface area contributed by atoms with Crippen molar-refractivity contribution < 1.29 is 27.2 Å². The zero-order chi connectivity index (χ0) is 30.0. The van der Waals surface area contributed by atoms with Crippen LogP contribution in [0.3, 0.4) is 0 Å². The van der Waals surface area contributed by atoms with Crippen LogP contribution in [0.5, 0.6) is 5.75 Å². The number of ether oxygens (including phenoxy) is 1. The lowest BCUT2D eigenvalue weighted by Gasteiger charge is -2.23. The predicted molar refractivity (Wildman–Crippen MR) is 162 cm³/mol. The van der Waals surface area contributed by atoms with Gasteiger partial charge in [-0.2, -0.15) is 0 Å². The number of carbonyl (C=O) groups excluding carboxylic acids is 2. The first-order chi connectivity index (χ1) is 20.3. The van der Waals surface area contributed by atoms with Crippen molar-refractivity contribution in [2.45, 2.75) is 109 Å². The van der Waals surface area contributed by atoms with Gasteiger partial charge in [-0.15, -0.1) is 0 Å². The normalized spacial score (nSPS) is 18.3. The maximum absolute atomic E-state index is 12.8. The highest BCUT2D eigenvalue weighted by atomic mass is 32.2. The number of oxazole rings is 1. The van der Waals surface area contributed by atoms with Gasteiger partial charge in [-0.25, -0.2) is 13.4 Å². The van der Waals surface area contributed by atoms with Gasteiger partial charge in [-0.05, 0) is 68.3 Å². The number of sulfonamides is 1. The summed E-state index contributed by atoms with van der Waals surface area (Å²) in [4.78, 5) is 32.0. The van der Waals surface area contributed by atoms with Gasteiger partial charge in [0.25, 0.3) is 0 Å². The Hall–Kier alpha value is -2.72. The van der Waals surface area contributed by atoms with E-state index in [0.717, 1.165) is 49.3 Å². The number of hydrogen-bond acceptors (Lipinski definition) is 8. The molecule has 0 bridgehead atoms. The number of ketones is 1. The van der Waals surface area contributed by atoms with E-state index in [1.807, 2.05) is 18.2 Å². The van der Waals surface area contributed by atoms with Crippen LogP contribution in [-0.4, -0.2) is 49.4 Å². The molecule has 1 aromatic carbocycles. The predicted octanol–water partition coefficient (Wildman–Crippen LogP) is 6.13. The van der Waals surface area contributed by atoms with Crippen molar-refractivity contribution in [1.29, 1.82) is 0 Å². The fourth-order valence-corrected chi connectivity index (χ4v) is 6.84. The molecule has 1 saturated carbocycles. The van der Waals surface area contributed by atoms with Crippen molar-refractivity contribution in [2.75, 3.05) is 19.4 Å². The van der Waals surface area contributed by atoms with Crippen molar-refractivity contribution in [3.63, 3.8) is 0 Å². The zero-order valence-corrected chi connectivity index (χ0v) is 26.1. The first-order valence-corrected chi connectivity index (χ1v) is 17.3. The minimum Gasteiger partial charge on any atom is -0.497 e. The summed E-state index contributed by atoms with van der Waals surface area (Å²) in [6.45, 7) is 2.94. The lowest BCUT2D eigenvalue weighted by Crippen LogP contribution is -2.32. The molecule has 0 radical (unpaired) electrons. The summed E-state index contributed by atoms with van der Waals surface area (Å²) < 4.78 is 36.9. The number of likely N-dealkylation sites (tertiary alicyclic amines) is 1. The Bertz CT molecular complexity index is 1280. The highest BCUT2D eigenvalue weighted by Crippen LogP contribution is 2.34. The van der Waals surface area contributed by atoms with Crippen LogP contribution < -0.4 is 9.46 Å². The Morgan fingerprint density at radius 3 is 2.62 bits per heavy atom. The molecule has 1 aliphatic carbocycles. The Morgan fingerprint density at radius 1 is 1.05 bits per heavy atom. The molecule has 2 aliphatic rings. The quantitative estimate of drug-likeness (QED) is 0.180. The molecule has 1 atom stereocenters. The SMILES string of the molecule is CCS(=O)(=O)NC(=O)CCc1ccc(OC)cc1CN1CCC[C@H]1c1nc(C(=O)CCCCCC2CCCCC2)co1. The van der Waals surface area contributed by atoms with Gasteiger partial charge < -0.3 is 9.15 Å². The molecule has 1 aliphatic heterocycles. The van der Waals surface area contributed by atoms with Crippen LogP contribution in [0.15, 0.2) is 28.9 Å². The van der Waals surface area contributed by atoms with E-state index in [1.54, 1.807) is 7.11 Å². The number of aryl methyl sites for hydroxylation is 1. The van der Waals surface area contributed by atoms with Gasteiger partial charge in [-0.1, -0.05) is 57.4 Å². The Balaban J connectivity index is 1.32. The van der Waals surface area contributed by atoms with E-state index >= 15 is 0 Å². The largest absolute Gasteiger partial charge is 0.497 e. The van der Waals surface area contributed by atoms with E-state index in [4.69, 9.17) is 9.15 Å². The molecule has 2 fully saturated rings. The standard InChI is InChI=1S/C32H47N3O6S/c1-3-42(38,39)34-31(37)19-17-25-16-18-27(40-2)21-26(25)22-35-20-10-14-29(35)32-33-28(23-41-32)30(36)15-9-5-8-13-24-11-6-4-7-12-24/h16,18,21,23-24,29H,3-15,17,19-20,22H2,1-2H3,(H,34,37)/t29-/m0/s1. The molecule has 9 nitrogen and oxygen atoms in total. The second-order valence-corrected chi connectivity index (χ2v) is 13.8. The zero-order valence-electron chi connectivity index (χ0n) is 25.2. The molecule has 2 heterocycles. The molecule has 4 rings (SSSR count). The number of methoxy groups -OCH3 is 1. The van der Waals surface area contributed by atoms with Crippen molar-refractivity contribution in [2.24, 2.45) is 5.92 Å².